The number of nitrogens with one attached hydrogen (secondary N) is 1. The quantitative estimate of drug-likeness (QED) is 0.403. The van der Waals surface area contributed by atoms with Crippen LogP contribution in [0.4, 0.5) is 4.39 Å². The highest BCUT2D eigenvalue weighted by atomic mass is 19.1. The van der Waals surface area contributed by atoms with E-state index >= 15 is 0 Å². The molecule has 3 aromatic carbocycles. The van der Waals surface area contributed by atoms with Crippen molar-refractivity contribution in [1.82, 2.24) is 10.4 Å². The van der Waals surface area contributed by atoms with Crippen LogP contribution >= 0.6 is 0 Å². The molecular formula is C24H15FN4O. The number of hydrogen-bond donors (Lipinski definition) is 1. The lowest BCUT2D eigenvalue weighted by Crippen LogP contribution is -2.18. The predicted molar refractivity (Wildman–Crippen MR) is 113 cm³/mol. The first-order chi connectivity index (χ1) is 14.6. The predicted octanol–water partition coefficient (Wildman–Crippen LogP) is 4.68. The number of hydrazone groups is 1. The average molecular weight is 394 g/mol. The Labute approximate surface area is 172 Å². The van der Waals surface area contributed by atoms with Gasteiger partial charge in [0, 0.05) is 10.9 Å². The molecule has 0 atom stereocenters. The van der Waals surface area contributed by atoms with Crippen LogP contribution in [-0.4, -0.2) is 17.1 Å². The molecule has 1 aromatic heterocycles. The molecule has 4 rings (SSSR count). The summed E-state index contributed by atoms with van der Waals surface area (Å²) in [7, 11) is 0. The molecule has 1 heterocycles. The van der Waals surface area contributed by atoms with Crippen LogP contribution in [0.3, 0.4) is 0 Å². The third-order valence-electron chi connectivity index (χ3n) is 4.52. The zero-order chi connectivity index (χ0) is 20.9. The van der Waals surface area contributed by atoms with Gasteiger partial charge in [-0.2, -0.15) is 10.4 Å². The number of carbonyl (C=O) groups excluding carboxylic acids is 1. The first kappa shape index (κ1) is 19.0. The number of benzene rings is 3. The number of rotatable bonds is 4. The van der Waals surface area contributed by atoms with Gasteiger partial charge < -0.3 is 0 Å². The topological polar surface area (TPSA) is 78.1 Å². The highest BCUT2D eigenvalue weighted by Crippen LogP contribution is 2.25. The summed E-state index contributed by atoms with van der Waals surface area (Å²) in [5.41, 5.74) is 6.17. The number of para-hydroxylation sites is 1. The summed E-state index contributed by atoms with van der Waals surface area (Å²) >= 11 is 0. The Morgan fingerprint density at radius 1 is 1.03 bits per heavy atom. The smallest absolute Gasteiger partial charge is 0.267 e. The molecule has 144 valence electrons. The Morgan fingerprint density at radius 3 is 2.50 bits per heavy atom. The van der Waals surface area contributed by atoms with Crippen LogP contribution < -0.4 is 5.43 Å². The van der Waals surface area contributed by atoms with Gasteiger partial charge in [-0.15, -0.1) is 0 Å². The molecule has 5 nitrogen and oxygen atoms in total. The molecule has 0 bridgehead atoms. The zero-order valence-corrected chi connectivity index (χ0v) is 15.7. The summed E-state index contributed by atoms with van der Waals surface area (Å²) in [6.07, 6.45) is 1.50. The third kappa shape index (κ3) is 4.05. The van der Waals surface area contributed by atoms with Gasteiger partial charge in [-0.25, -0.2) is 14.8 Å². The second kappa shape index (κ2) is 8.33. The van der Waals surface area contributed by atoms with Gasteiger partial charge in [-0.05, 0) is 54.1 Å². The maximum absolute atomic E-state index is 13.3. The number of amides is 1. The molecule has 0 radical (unpaired) electrons. The van der Waals surface area contributed by atoms with E-state index in [0.29, 0.717) is 33.3 Å². The summed E-state index contributed by atoms with van der Waals surface area (Å²) in [6, 6.07) is 23.8. The minimum atomic E-state index is -0.387. The lowest BCUT2D eigenvalue weighted by molar-refractivity contribution is 0.0956. The molecule has 0 saturated heterocycles. The summed E-state index contributed by atoms with van der Waals surface area (Å²) in [5, 5.41) is 13.5. The molecule has 0 spiro atoms. The number of pyridine rings is 1. The number of nitriles is 1. The lowest BCUT2D eigenvalue weighted by atomic mass is 10.0. The first-order valence-electron chi connectivity index (χ1n) is 9.13. The fraction of sp³-hybridized carbons (Fsp3) is 0. The average Bonchev–Trinajstić information content (AvgIpc) is 2.79. The number of hydrogen-bond acceptors (Lipinski definition) is 4. The maximum atomic E-state index is 13.3. The third-order valence-corrected chi connectivity index (χ3v) is 4.52. The molecule has 0 saturated carbocycles. The van der Waals surface area contributed by atoms with Crippen LogP contribution in [0, 0.1) is 17.1 Å². The van der Waals surface area contributed by atoms with E-state index in [2.05, 4.69) is 15.5 Å². The van der Waals surface area contributed by atoms with Gasteiger partial charge in [0.1, 0.15) is 5.82 Å². The normalized spacial score (nSPS) is 10.8. The van der Waals surface area contributed by atoms with Gasteiger partial charge in [0.25, 0.3) is 5.91 Å². The van der Waals surface area contributed by atoms with E-state index in [1.807, 2.05) is 30.3 Å². The van der Waals surface area contributed by atoms with Gasteiger partial charge in [-0.3, -0.25) is 4.79 Å². The summed E-state index contributed by atoms with van der Waals surface area (Å²) in [4.78, 5) is 17.4. The van der Waals surface area contributed by atoms with Crippen LogP contribution in [-0.2, 0) is 0 Å². The highest BCUT2D eigenvalue weighted by molar-refractivity contribution is 6.07. The van der Waals surface area contributed by atoms with E-state index in [4.69, 9.17) is 5.26 Å². The van der Waals surface area contributed by atoms with Crippen molar-refractivity contribution in [2.24, 2.45) is 5.10 Å². The van der Waals surface area contributed by atoms with Crippen molar-refractivity contribution in [1.29, 1.82) is 5.26 Å². The molecular weight excluding hydrogens is 379 g/mol. The van der Waals surface area contributed by atoms with Crippen molar-refractivity contribution in [2.75, 3.05) is 0 Å². The summed E-state index contributed by atoms with van der Waals surface area (Å²) in [6.45, 7) is 0. The van der Waals surface area contributed by atoms with Crippen molar-refractivity contribution >= 4 is 23.0 Å². The van der Waals surface area contributed by atoms with Crippen molar-refractivity contribution in [2.45, 2.75) is 0 Å². The molecule has 4 aromatic rings. The van der Waals surface area contributed by atoms with Crippen LogP contribution in [0.2, 0.25) is 0 Å². The van der Waals surface area contributed by atoms with Crippen molar-refractivity contribution in [3.63, 3.8) is 0 Å². The van der Waals surface area contributed by atoms with Crippen LogP contribution in [0.5, 0.6) is 0 Å². The number of aromatic nitrogens is 1. The summed E-state index contributed by atoms with van der Waals surface area (Å²) in [5.74, 6) is -0.725. The molecule has 0 fully saturated rings. The van der Waals surface area contributed by atoms with Crippen LogP contribution in [0.15, 0.2) is 84.0 Å². The fourth-order valence-corrected chi connectivity index (χ4v) is 3.00. The Balaban J connectivity index is 1.64. The minimum absolute atomic E-state index is 0.338. The monoisotopic (exact) mass is 394 g/mol. The molecule has 0 unspecified atom stereocenters. The molecule has 30 heavy (non-hydrogen) atoms. The number of halogens is 1. The molecule has 1 N–H and O–H groups in total. The zero-order valence-electron chi connectivity index (χ0n) is 15.7. The molecule has 6 heteroatoms. The van der Waals surface area contributed by atoms with E-state index in [-0.39, 0.29) is 11.7 Å². The summed E-state index contributed by atoms with van der Waals surface area (Å²) < 4.78 is 13.3. The van der Waals surface area contributed by atoms with E-state index in [9.17, 15) is 9.18 Å². The molecule has 0 aliphatic heterocycles. The van der Waals surface area contributed by atoms with Crippen LogP contribution in [0.25, 0.3) is 22.2 Å². The SMILES string of the molecule is N#Cc1ccc(/C=N/NC(=O)c2cc(-c3ccc(F)cc3)nc3ccccc23)cc1. The van der Waals surface area contributed by atoms with E-state index in [1.165, 1.54) is 18.3 Å². The van der Waals surface area contributed by atoms with Gasteiger partial charge in [0.2, 0.25) is 0 Å². The van der Waals surface area contributed by atoms with Gasteiger partial charge >= 0.3 is 0 Å². The number of nitrogens with zero attached hydrogens (tertiary/aromatic N) is 3. The lowest BCUT2D eigenvalue weighted by Gasteiger charge is -2.09. The first-order valence-corrected chi connectivity index (χ1v) is 9.13. The fourth-order valence-electron chi connectivity index (χ4n) is 3.00. The Morgan fingerprint density at radius 2 is 1.77 bits per heavy atom. The van der Waals surface area contributed by atoms with Gasteiger partial charge in [0.15, 0.2) is 0 Å². The molecule has 0 aliphatic carbocycles. The largest absolute Gasteiger partial charge is 0.272 e. The van der Waals surface area contributed by atoms with E-state index in [0.717, 1.165) is 5.56 Å². The van der Waals surface area contributed by atoms with Crippen molar-refractivity contribution < 1.29 is 9.18 Å². The van der Waals surface area contributed by atoms with E-state index < -0.39 is 0 Å². The number of fused-ring (bicyclic) bond motifs is 1. The van der Waals surface area contributed by atoms with Crippen molar-refractivity contribution in [3.05, 3.63) is 101 Å². The minimum Gasteiger partial charge on any atom is -0.267 e. The maximum Gasteiger partial charge on any atom is 0.272 e. The Hall–Kier alpha value is -4.37. The van der Waals surface area contributed by atoms with Gasteiger partial charge in [-0.1, -0.05) is 30.3 Å². The second-order valence-corrected chi connectivity index (χ2v) is 6.51. The van der Waals surface area contributed by atoms with Crippen molar-refractivity contribution in [3.8, 4) is 17.3 Å². The Bertz CT molecular complexity index is 1290. The van der Waals surface area contributed by atoms with Crippen LogP contribution in [0.1, 0.15) is 21.5 Å². The molecule has 1 amide bonds. The van der Waals surface area contributed by atoms with Gasteiger partial charge in [0.05, 0.1) is 34.6 Å². The van der Waals surface area contributed by atoms with E-state index in [1.54, 1.807) is 42.5 Å². The second-order valence-electron chi connectivity index (χ2n) is 6.51. The molecule has 0 aliphatic rings. The Kier molecular flexibility index (Phi) is 5.27. The number of carbonyl (C=O) groups is 1. The standard InChI is InChI=1S/C24H15FN4O/c25-19-11-9-18(10-12-19)23-13-21(20-3-1-2-4-22(20)28-23)24(30)29-27-15-17-7-5-16(14-26)6-8-17/h1-13,15H,(H,29,30)/b27-15+. The highest BCUT2D eigenvalue weighted by Gasteiger charge is 2.13.